The van der Waals surface area contributed by atoms with E-state index in [1.54, 1.807) is 0 Å². The summed E-state index contributed by atoms with van der Waals surface area (Å²) in [6.45, 7) is -3.17. The predicted octanol–water partition coefficient (Wildman–Crippen LogP) is 3.32. The first-order valence-corrected chi connectivity index (χ1v) is 4.04. The number of hydrogen-bond acceptors (Lipinski definition) is 2. The van der Waals surface area contributed by atoms with Crippen LogP contribution in [0.4, 0.5) is 22.0 Å². The Morgan fingerprint density at radius 3 is 2.25 bits per heavy atom. The van der Waals surface area contributed by atoms with E-state index in [4.69, 9.17) is 0 Å². The summed E-state index contributed by atoms with van der Waals surface area (Å²) in [5, 5.41) is 0. The Morgan fingerprint density at radius 1 is 1.19 bits per heavy atom. The van der Waals surface area contributed by atoms with Crippen LogP contribution in [0.5, 0.6) is 11.5 Å². The monoisotopic (exact) mass is 242 g/mol. The van der Waals surface area contributed by atoms with E-state index >= 15 is 0 Å². The summed E-state index contributed by atoms with van der Waals surface area (Å²) in [4.78, 5) is 0. The minimum atomic E-state index is -4.69. The van der Waals surface area contributed by atoms with E-state index in [0.29, 0.717) is 6.07 Å². The highest BCUT2D eigenvalue weighted by Gasteiger charge is 2.34. The van der Waals surface area contributed by atoms with Crippen molar-refractivity contribution in [2.75, 3.05) is 7.11 Å². The third kappa shape index (κ3) is 2.98. The first-order valence-electron chi connectivity index (χ1n) is 4.04. The number of alkyl halides is 5. The van der Waals surface area contributed by atoms with E-state index < -0.39 is 29.9 Å². The molecule has 0 N–H and O–H groups in total. The van der Waals surface area contributed by atoms with Crippen LogP contribution in [-0.4, -0.2) is 13.7 Å². The van der Waals surface area contributed by atoms with Gasteiger partial charge in [0, 0.05) is 0 Å². The molecule has 90 valence electrons. The molecule has 0 amide bonds. The highest BCUT2D eigenvalue weighted by molar-refractivity contribution is 5.42. The third-order valence-electron chi connectivity index (χ3n) is 1.70. The Kier molecular flexibility index (Phi) is 3.56. The maximum absolute atomic E-state index is 12.4. The van der Waals surface area contributed by atoms with Gasteiger partial charge in [-0.05, 0) is 18.2 Å². The molecule has 0 aliphatic rings. The lowest BCUT2D eigenvalue weighted by molar-refractivity contribution is -0.139. The van der Waals surface area contributed by atoms with E-state index in [9.17, 15) is 22.0 Å². The zero-order valence-electron chi connectivity index (χ0n) is 8.02. The fourth-order valence-corrected chi connectivity index (χ4v) is 1.08. The van der Waals surface area contributed by atoms with Gasteiger partial charge in [0.2, 0.25) is 0 Å². The largest absolute Gasteiger partial charge is 0.496 e. The molecule has 0 fully saturated rings. The highest BCUT2D eigenvalue weighted by atomic mass is 19.4. The maximum Gasteiger partial charge on any atom is 0.420 e. The summed E-state index contributed by atoms with van der Waals surface area (Å²) in [7, 11) is 1.05. The van der Waals surface area contributed by atoms with Crippen LogP contribution in [0.2, 0.25) is 0 Å². The van der Waals surface area contributed by atoms with Gasteiger partial charge in [0.1, 0.15) is 17.1 Å². The lowest BCUT2D eigenvalue weighted by Gasteiger charge is -2.13. The van der Waals surface area contributed by atoms with Crippen LogP contribution in [0.15, 0.2) is 18.2 Å². The number of rotatable bonds is 3. The fourth-order valence-electron chi connectivity index (χ4n) is 1.08. The molecule has 7 heteroatoms. The van der Waals surface area contributed by atoms with Crippen molar-refractivity contribution in [1.29, 1.82) is 0 Å². The number of hydrogen-bond donors (Lipinski definition) is 0. The summed E-state index contributed by atoms with van der Waals surface area (Å²) >= 11 is 0. The summed E-state index contributed by atoms with van der Waals surface area (Å²) in [6, 6.07) is 2.35. The Hall–Kier alpha value is -1.53. The van der Waals surface area contributed by atoms with Crippen molar-refractivity contribution in [1.82, 2.24) is 0 Å². The van der Waals surface area contributed by atoms with Crippen molar-refractivity contribution in [3.8, 4) is 11.5 Å². The predicted molar refractivity (Wildman–Crippen MR) is 44.6 cm³/mol. The van der Waals surface area contributed by atoms with Crippen LogP contribution in [-0.2, 0) is 6.18 Å². The normalized spacial score (nSPS) is 11.7. The van der Waals surface area contributed by atoms with Crippen LogP contribution in [0.25, 0.3) is 0 Å². The molecule has 0 spiro atoms. The minimum absolute atomic E-state index is 0.450. The maximum atomic E-state index is 12.4. The van der Waals surface area contributed by atoms with E-state index in [0.717, 1.165) is 19.2 Å². The van der Waals surface area contributed by atoms with E-state index in [-0.39, 0.29) is 0 Å². The first-order chi connectivity index (χ1) is 7.34. The van der Waals surface area contributed by atoms with Crippen molar-refractivity contribution in [2.24, 2.45) is 0 Å². The lowest BCUT2D eigenvalue weighted by atomic mass is 10.2. The number of ether oxygens (including phenoxy) is 2. The molecular weight excluding hydrogens is 235 g/mol. The number of methoxy groups -OCH3 is 1. The molecule has 1 aromatic rings. The molecule has 0 atom stereocenters. The van der Waals surface area contributed by atoms with Gasteiger partial charge >= 0.3 is 12.8 Å². The number of benzene rings is 1. The van der Waals surface area contributed by atoms with Gasteiger partial charge in [0.05, 0.1) is 7.11 Å². The third-order valence-corrected chi connectivity index (χ3v) is 1.70. The molecule has 0 saturated heterocycles. The summed E-state index contributed by atoms with van der Waals surface area (Å²) in [6.07, 6.45) is -4.69. The van der Waals surface area contributed by atoms with Gasteiger partial charge < -0.3 is 9.47 Å². The second-order valence-electron chi connectivity index (χ2n) is 2.74. The summed E-state index contributed by atoms with van der Waals surface area (Å²) in [5.41, 5.74) is -1.16. The van der Waals surface area contributed by atoms with Crippen LogP contribution < -0.4 is 9.47 Å². The molecule has 2 nitrogen and oxygen atoms in total. The second kappa shape index (κ2) is 4.54. The topological polar surface area (TPSA) is 18.5 Å². The SMILES string of the molecule is COc1ccc(OC(F)F)cc1C(F)(F)F. The lowest BCUT2D eigenvalue weighted by Crippen LogP contribution is -2.09. The first kappa shape index (κ1) is 12.5. The molecule has 1 aromatic carbocycles. The zero-order chi connectivity index (χ0) is 12.3. The molecule has 0 aromatic heterocycles. The van der Waals surface area contributed by atoms with Gasteiger partial charge in [-0.1, -0.05) is 0 Å². The summed E-state index contributed by atoms with van der Waals surface area (Å²) < 4.78 is 69.2. The van der Waals surface area contributed by atoms with E-state index in [1.807, 2.05) is 0 Å². The minimum Gasteiger partial charge on any atom is -0.496 e. The van der Waals surface area contributed by atoms with Crippen LogP contribution in [0.1, 0.15) is 5.56 Å². The zero-order valence-corrected chi connectivity index (χ0v) is 8.02. The standard InChI is InChI=1S/C9H7F5O2/c1-15-7-3-2-5(16-8(10)11)4-6(7)9(12,13)14/h2-4,8H,1H3. The highest BCUT2D eigenvalue weighted by Crippen LogP contribution is 2.38. The molecule has 1 rings (SSSR count). The Morgan fingerprint density at radius 2 is 1.81 bits per heavy atom. The van der Waals surface area contributed by atoms with Crippen molar-refractivity contribution in [2.45, 2.75) is 12.8 Å². The smallest absolute Gasteiger partial charge is 0.420 e. The van der Waals surface area contributed by atoms with Crippen LogP contribution in [0, 0.1) is 0 Å². The molecule has 0 bridgehead atoms. The average Bonchev–Trinajstić information content (AvgIpc) is 2.15. The van der Waals surface area contributed by atoms with Crippen LogP contribution in [0.3, 0.4) is 0 Å². The van der Waals surface area contributed by atoms with Crippen LogP contribution >= 0.6 is 0 Å². The van der Waals surface area contributed by atoms with Gasteiger partial charge in [0.15, 0.2) is 0 Å². The fraction of sp³-hybridized carbons (Fsp3) is 0.333. The molecule has 0 heterocycles. The molecule has 0 aliphatic heterocycles. The van der Waals surface area contributed by atoms with Gasteiger partial charge in [-0.15, -0.1) is 0 Å². The molecule has 16 heavy (non-hydrogen) atoms. The van der Waals surface area contributed by atoms with Crippen molar-refractivity contribution < 1.29 is 31.4 Å². The molecule has 0 unspecified atom stereocenters. The number of halogens is 5. The van der Waals surface area contributed by atoms with Gasteiger partial charge in [-0.25, -0.2) is 0 Å². The Bertz CT molecular complexity index is 361. The van der Waals surface area contributed by atoms with Gasteiger partial charge in [-0.2, -0.15) is 22.0 Å². The molecule has 0 aliphatic carbocycles. The van der Waals surface area contributed by atoms with Gasteiger partial charge in [-0.3, -0.25) is 0 Å². The van der Waals surface area contributed by atoms with Crippen molar-refractivity contribution in [3.63, 3.8) is 0 Å². The molecule has 0 radical (unpaired) electrons. The second-order valence-corrected chi connectivity index (χ2v) is 2.74. The molecular formula is C9H7F5O2. The molecule has 0 saturated carbocycles. The Labute approximate surface area is 87.6 Å². The van der Waals surface area contributed by atoms with Gasteiger partial charge in [0.25, 0.3) is 0 Å². The quantitative estimate of drug-likeness (QED) is 0.757. The average molecular weight is 242 g/mol. The van der Waals surface area contributed by atoms with E-state index in [2.05, 4.69) is 9.47 Å². The Balaban J connectivity index is 3.12. The van der Waals surface area contributed by atoms with Crippen molar-refractivity contribution in [3.05, 3.63) is 23.8 Å². The van der Waals surface area contributed by atoms with Crippen molar-refractivity contribution >= 4 is 0 Å². The van der Waals surface area contributed by atoms with E-state index in [1.165, 1.54) is 0 Å². The summed E-state index contributed by atoms with van der Waals surface area (Å²) in [5.74, 6) is -1.02.